The first-order valence-electron chi connectivity index (χ1n) is 8.37. The van der Waals surface area contributed by atoms with Crippen molar-refractivity contribution in [2.45, 2.75) is 0 Å². The second-order valence-corrected chi connectivity index (χ2v) is 6.06. The minimum atomic E-state index is 1.12. The van der Waals surface area contributed by atoms with E-state index < -0.39 is 0 Å². The molecular weight excluding hydrogens is 320 g/mol. The van der Waals surface area contributed by atoms with Gasteiger partial charge in [-0.15, -0.1) is 0 Å². The molecule has 0 radical (unpaired) electrons. The largest absolute Gasteiger partial charge is 0.265 e. The van der Waals surface area contributed by atoms with Crippen LogP contribution in [0.25, 0.3) is 43.8 Å². The van der Waals surface area contributed by atoms with Crippen LogP contribution in [0.15, 0.2) is 86.0 Å². The van der Waals surface area contributed by atoms with E-state index in [2.05, 4.69) is 32.1 Å². The first-order valence-corrected chi connectivity index (χ1v) is 8.37. The van der Waals surface area contributed by atoms with Crippen molar-refractivity contribution >= 4 is 21.5 Å². The number of rotatable bonds is 2. The van der Waals surface area contributed by atoms with E-state index in [-0.39, 0.29) is 0 Å². The van der Waals surface area contributed by atoms with Crippen molar-refractivity contribution in [2.75, 3.05) is 0 Å². The number of nitrogens with zero attached hydrogens (tertiary/aromatic N) is 4. The van der Waals surface area contributed by atoms with Crippen LogP contribution >= 0.6 is 0 Å². The molecule has 5 rings (SSSR count). The zero-order chi connectivity index (χ0) is 17.3. The summed E-state index contributed by atoms with van der Waals surface area (Å²) < 4.78 is 0. The summed E-state index contributed by atoms with van der Waals surface area (Å²) in [5.41, 5.74) is 4.56. The Labute approximate surface area is 150 Å². The molecule has 4 heteroatoms. The van der Waals surface area contributed by atoms with E-state index in [0.717, 1.165) is 43.8 Å². The molecule has 1 aromatic carbocycles. The summed E-state index contributed by atoms with van der Waals surface area (Å²) in [7, 11) is 0. The maximum absolute atomic E-state index is 4.40. The number of aromatic nitrogens is 4. The number of hydrogen-bond donors (Lipinski definition) is 0. The fraction of sp³-hybridized carbons (Fsp3) is 0. The van der Waals surface area contributed by atoms with Gasteiger partial charge in [0.1, 0.15) is 0 Å². The van der Waals surface area contributed by atoms with E-state index in [0.29, 0.717) is 0 Å². The molecule has 0 aliphatic carbocycles. The first kappa shape index (κ1) is 14.7. The predicted molar refractivity (Wildman–Crippen MR) is 104 cm³/mol. The fourth-order valence-electron chi connectivity index (χ4n) is 3.57. The lowest BCUT2D eigenvalue weighted by atomic mass is 9.88. The fourth-order valence-corrected chi connectivity index (χ4v) is 3.57. The van der Waals surface area contributed by atoms with Crippen LogP contribution in [0.3, 0.4) is 0 Å². The third-order valence-electron chi connectivity index (χ3n) is 4.66. The van der Waals surface area contributed by atoms with Gasteiger partial charge >= 0.3 is 0 Å². The molecule has 0 fully saturated rings. The standard InChI is InChI=1S/C22H14N4/c1-7-23-8-2-15(1)21-17-5-11-26-14-20(17)22(16-3-9-24-10-4-16)18-6-12-25-13-19(18)21/h1-14H. The lowest BCUT2D eigenvalue weighted by Gasteiger charge is -2.16. The SMILES string of the molecule is c1cc(-c2c3ccncc3c(-c3ccncc3)c3ccncc23)ccn1. The average Bonchev–Trinajstić information content (AvgIpc) is 2.73. The van der Waals surface area contributed by atoms with E-state index in [1.165, 1.54) is 0 Å². The van der Waals surface area contributed by atoms with Crippen LogP contribution in [0.2, 0.25) is 0 Å². The van der Waals surface area contributed by atoms with Gasteiger partial charge in [-0.1, -0.05) is 0 Å². The summed E-state index contributed by atoms with van der Waals surface area (Å²) in [6, 6.07) is 12.3. The zero-order valence-electron chi connectivity index (χ0n) is 13.9. The number of fused-ring (bicyclic) bond motifs is 2. The molecule has 0 spiro atoms. The normalized spacial score (nSPS) is 11.1. The Morgan fingerprint density at radius 1 is 0.385 bits per heavy atom. The average molecular weight is 334 g/mol. The Morgan fingerprint density at radius 3 is 1.19 bits per heavy atom. The molecule has 0 atom stereocenters. The van der Waals surface area contributed by atoms with Gasteiger partial charge in [-0.3, -0.25) is 19.9 Å². The van der Waals surface area contributed by atoms with Crippen LogP contribution in [0.4, 0.5) is 0 Å². The van der Waals surface area contributed by atoms with Gasteiger partial charge in [0.25, 0.3) is 0 Å². The molecule has 4 aromatic heterocycles. The molecule has 122 valence electrons. The Bertz CT molecular complexity index is 1060. The predicted octanol–water partition coefficient (Wildman–Crippen LogP) is 4.91. The summed E-state index contributed by atoms with van der Waals surface area (Å²) >= 11 is 0. The lowest BCUT2D eigenvalue weighted by Crippen LogP contribution is -1.92. The molecule has 0 saturated heterocycles. The van der Waals surface area contributed by atoms with Crippen LogP contribution in [-0.2, 0) is 0 Å². The molecular formula is C22H14N4. The summed E-state index contributed by atoms with van der Waals surface area (Å²) in [4.78, 5) is 17.1. The highest BCUT2D eigenvalue weighted by molar-refractivity contribution is 6.20. The maximum Gasteiger partial charge on any atom is 0.0353 e. The van der Waals surface area contributed by atoms with E-state index in [1.807, 2.05) is 73.8 Å². The van der Waals surface area contributed by atoms with E-state index in [4.69, 9.17) is 0 Å². The molecule has 0 amide bonds. The van der Waals surface area contributed by atoms with Crippen LogP contribution in [0, 0.1) is 0 Å². The van der Waals surface area contributed by atoms with Crippen molar-refractivity contribution in [3.8, 4) is 22.3 Å². The maximum atomic E-state index is 4.40. The second kappa shape index (κ2) is 6.01. The smallest absolute Gasteiger partial charge is 0.0353 e. The van der Waals surface area contributed by atoms with Crippen molar-refractivity contribution in [2.24, 2.45) is 0 Å². The topological polar surface area (TPSA) is 51.6 Å². The van der Waals surface area contributed by atoms with Gasteiger partial charge in [0.15, 0.2) is 0 Å². The van der Waals surface area contributed by atoms with Crippen molar-refractivity contribution < 1.29 is 0 Å². The third kappa shape index (κ3) is 2.24. The molecule has 4 heterocycles. The van der Waals surface area contributed by atoms with E-state index in [9.17, 15) is 0 Å². The molecule has 26 heavy (non-hydrogen) atoms. The highest BCUT2D eigenvalue weighted by Gasteiger charge is 2.16. The Morgan fingerprint density at radius 2 is 0.769 bits per heavy atom. The van der Waals surface area contributed by atoms with E-state index >= 15 is 0 Å². The second-order valence-electron chi connectivity index (χ2n) is 6.06. The minimum absolute atomic E-state index is 1.12. The number of benzene rings is 1. The molecule has 0 unspecified atom stereocenters. The Hall–Kier alpha value is -3.66. The lowest BCUT2D eigenvalue weighted by molar-refractivity contribution is 1.32. The van der Waals surface area contributed by atoms with Gasteiger partial charge in [0.2, 0.25) is 0 Å². The molecule has 5 aromatic rings. The number of pyridine rings is 4. The van der Waals surface area contributed by atoms with Gasteiger partial charge in [-0.25, -0.2) is 0 Å². The van der Waals surface area contributed by atoms with Gasteiger partial charge in [-0.05, 0) is 69.4 Å². The quantitative estimate of drug-likeness (QED) is 0.431. The Kier molecular flexibility index (Phi) is 3.39. The molecule has 0 bridgehead atoms. The third-order valence-corrected chi connectivity index (χ3v) is 4.66. The van der Waals surface area contributed by atoms with Crippen LogP contribution in [-0.4, -0.2) is 19.9 Å². The zero-order valence-corrected chi connectivity index (χ0v) is 13.9. The summed E-state index contributed by atoms with van der Waals surface area (Å²) in [6.45, 7) is 0. The van der Waals surface area contributed by atoms with Crippen molar-refractivity contribution in [1.82, 2.24) is 19.9 Å². The Balaban J connectivity index is 2.02. The monoisotopic (exact) mass is 334 g/mol. The van der Waals surface area contributed by atoms with Crippen molar-refractivity contribution in [3.05, 3.63) is 86.0 Å². The van der Waals surface area contributed by atoms with Crippen LogP contribution in [0.1, 0.15) is 0 Å². The number of hydrogen-bond acceptors (Lipinski definition) is 4. The molecule has 4 nitrogen and oxygen atoms in total. The molecule has 0 aliphatic rings. The highest BCUT2D eigenvalue weighted by atomic mass is 14.6. The summed E-state index contributed by atoms with van der Waals surface area (Å²) in [5, 5.41) is 4.53. The van der Waals surface area contributed by atoms with Crippen molar-refractivity contribution in [1.29, 1.82) is 0 Å². The van der Waals surface area contributed by atoms with Gasteiger partial charge in [-0.2, -0.15) is 0 Å². The highest BCUT2D eigenvalue weighted by Crippen LogP contribution is 2.42. The molecule has 0 N–H and O–H groups in total. The summed E-state index contributed by atoms with van der Waals surface area (Å²) in [6.07, 6.45) is 14.8. The first-order chi connectivity index (χ1) is 12.9. The van der Waals surface area contributed by atoms with Crippen molar-refractivity contribution in [3.63, 3.8) is 0 Å². The van der Waals surface area contributed by atoms with Crippen LogP contribution < -0.4 is 0 Å². The van der Waals surface area contributed by atoms with E-state index in [1.54, 1.807) is 0 Å². The molecule has 0 aliphatic heterocycles. The van der Waals surface area contributed by atoms with Gasteiger partial charge in [0.05, 0.1) is 0 Å². The summed E-state index contributed by atoms with van der Waals surface area (Å²) in [5.74, 6) is 0. The minimum Gasteiger partial charge on any atom is -0.265 e. The van der Waals surface area contributed by atoms with Crippen LogP contribution in [0.5, 0.6) is 0 Å². The molecule has 0 saturated carbocycles. The van der Waals surface area contributed by atoms with Gasteiger partial charge < -0.3 is 0 Å². The van der Waals surface area contributed by atoms with Gasteiger partial charge in [0, 0.05) is 60.3 Å².